The van der Waals surface area contributed by atoms with Crippen molar-refractivity contribution in [3.8, 4) is 6.07 Å². The summed E-state index contributed by atoms with van der Waals surface area (Å²) in [7, 11) is -4.44. The molecule has 7 heteroatoms. The van der Waals surface area contributed by atoms with Gasteiger partial charge in [0.25, 0.3) is 0 Å². The standard InChI is InChI=1S/C21H42NO4PS/c1-2-3-4-5-6-7-8-9-10-11-12-13-14-15-18-28-20-21(16-17-22)19-26-27(23,24)25/h21H,2-16,18-20H2,1H3,(H2,23,24,25). The molecule has 0 aliphatic rings. The highest BCUT2D eigenvalue weighted by atomic mass is 32.2. The second kappa shape index (κ2) is 20.2. The van der Waals surface area contributed by atoms with Gasteiger partial charge in [0.15, 0.2) is 0 Å². The van der Waals surface area contributed by atoms with Crippen LogP contribution in [0.3, 0.4) is 0 Å². The third kappa shape index (κ3) is 22.2. The van der Waals surface area contributed by atoms with Crippen molar-refractivity contribution in [3.63, 3.8) is 0 Å². The Labute approximate surface area is 177 Å². The van der Waals surface area contributed by atoms with Crippen LogP contribution in [-0.4, -0.2) is 27.9 Å². The quantitative estimate of drug-likeness (QED) is 0.151. The van der Waals surface area contributed by atoms with Gasteiger partial charge in [0.2, 0.25) is 0 Å². The molecule has 0 saturated heterocycles. The first-order valence-corrected chi connectivity index (χ1v) is 13.8. The van der Waals surface area contributed by atoms with Crippen LogP contribution in [0.25, 0.3) is 0 Å². The van der Waals surface area contributed by atoms with E-state index in [9.17, 15) is 4.57 Å². The summed E-state index contributed by atoms with van der Waals surface area (Å²) in [5, 5.41) is 8.79. The lowest BCUT2D eigenvalue weighted by Crippen LogP contribution is -2.11. The van der Waals surface area contributed by atoms with Crippen LogP contribution in [0.5, 0.6) is 0 Å². The average molecular weight is 436 g/mol. The van der Waals surface area contributed by atoms with Crippen molar-refractivity contribution in [2.45, 2.75) is 103 Å². The molecule has 2 N–H and O–H groups in total. The predicted molar refractivity (Wildman–Crippen MR) is 119 cm³/mol. The number of phosphoric acid groups is 1. The van der Waals surface area contributed by atoms with Gasteiger partial charge in [0, 0.05) is 12.3 Å². The van der Waals surface area contributed by atoms with E-state index in [0.717, 1.165) is 5.75 Å². The van der Waals surface area contributed by atoms with Crippen molar-refractivity contribution >= 4 is 19.6 Å². The topological polar surface area (TPSA) is 90.5 Å². The molecule has 0 heterocycles. The molecule has 0 saturated carbocycles. The molecule has 0 fully saturated rings. The van der Waals surface area contributed by atoms with Gasteiger partial charge in [-0.25, -0.2) is 4.57 Å². The van der Waals surface area contributed by atoms with Gasteiger partial charge in [0.05, 0.1) is 12.7 Å². The van der Waals surface area contributed by atoms with Crippen molar-refractivity contribution in [2.24, 2.45) is 5.92 Å². The van der Waals surface area contributed by atoms with Crippen LogP contribution in [0.4, 0.5) is 0 Å². The molecule has 0 radical (unpaired) electrons. The lowest BCUT2D eigenvalue weighted by atomic mass is 10.0. The van der Waals surface area contributed by atoms with Gasteiger partial charge < -0.3 is 9.79 Å². The molecule has 166 valence electrons. The number of nitriles is 1. The van der Waals surface area contributed by atoms with Gasteiger partial charge in [-0.05, 0) is 17.9 Å². The lowest BCUT2D eigenvalue weighted by molar-refractivity contribution is 0.175. The molecule has 0 aromatic carbocycles. The van der Waals surface area contributed by atoms with Gasteiger partial charge in [-0.3, -0.25) is 4.52 Å². The Morgan fingerprint density at radius 2 is 1.36 bits per heavy atom. The first-order valence-electron chi connectivity index (χ1n) is 11.1. The van der Waals surface area contributed by atoms with Crippen LogP contribution in [0.15, 0.2) is 0 Å². The number of thioether (sulfide) groups is 1. The van der Waals surface area contributed by atoms with Crippen LogP contribution in [0.1, 0.15) is 103 Å². The smallest absolute Gasteiger partial charge is 0.303 e. The molecule has 0 spiro atoms. The van der Waals surface area contributed by atoms with E-state index >= 15 is 0 Å². The Balaban J connectivity index is 3.35. The Kier molecular flexibility index (Phi) is 20.2. The fourth-order valence-electron chi connectivity index (χ4n) is 3.15. The summed E-state index contributed by atoms with van der Waals surface area (Å²) < 4.78 is 15.3. The molecule has 0 aliphatic carbocycles. The molecule has 28 heavy (non-hydrogen) atoms. The fraction of sp³-hybridized carbons (Fsp3) is 0.952. The summed E-state index contributed by atoms with van der Waals surface area (Å²) >= 11 is 1.75. The summed E-state index contributed by atoms with van der Waals surface area (Å²) in [6.07, 6.45) is 19.2. The first-order chi connectivity index (χ1) is 13.5. The van der Waals surface area contributed by atoms with E-state index in [1.54, 1.807) is 11.8 Å². The molecular weight excluding hydrogens is 393 g/mol. The minimum Gasteiger partial charge on any atom is -0.303 e. The Bertz CT molecular complexity index is 425. The van der Waals surface area contributed by atoms with Crippen molar-refractivity contribution in [3.05, 3.63) is 0 Å². The zero-order valence-electron chi connectivity index (χ0n) is 17.8. The van der Waals surface area contributed by atoms with Crippen LogP contribution in [-0.2, 0) is 9.09 Å². The van der Waals surface area contributed by atoms with E-state index in [4.69, 9.17) is 15.0 Å². The third-order valence-corrected chi connectivity index (χ3v) is 6.62. The van der Waals surface area contributed by atoms with E-state index in [-0.39, 0.29) is 18.9 Å². The Hall–Kier alpha value is -0.0500. The Morgan fingerprint density at radius 3 is 1.79 bits per heavy atom. The molecule has 0 rings (SSSR count). The van der Waals surface area contributed by atoms with E-state index in [2.05, 4.69) is 17.5 Å². The summed E-state index contributed by atoms with van der Waals surface area (Å²) in [6, 6.07) is 2.06. The number of rotatable bonds is 21. The second-order valence-electron chi connectivity index (χ2n) is 7.69. The van der Waals surface area contributed by atoms with E-state index in [1.807, 2.05) is 0 Å². The SMILES string of the molecule is CCCCCCCCCCCCCCCCSCC(CC#N)COP(=O)(O)O. The number of hydrogen-bond donors (Lipinski definition) is 2. The Morgan fingerprint density at radius 1 is 0.893 bits per heavy atom. The zero-order valence-corrected chi connectivity index (χ0v) is 19.5. The number of hydrogen-bond acceptors (Lipinski definition) is 4. The van der Waals surface area contributed by atoms with E-state index in [1.165, 1.54) is 89.9 Å². The molecule has 5 nitrogen and oxygen atoms in total. The molecule has 1 atom stereocenters. The monoisotopic (exact) mass is 435 g/mol. The zero-order chi connectivity index (χ0) is 20.9. The second-order valence-corrected chi connectivity index (χ2v) is 10.1. The molecule has 0 aromatic rings. The van der Waals surface area contributed by atoms with Crippen LogP contribution in [0, 0.1) is 17.2 Å². The minimum absolute atomic E-state index is 0.0520. The summed E-state index contributed by atoms with van der Waals surface area (Å²) in [5.74, 6) is 1.64. The maximum atomic E-state index is 10.7. The van der Waals surface area contributed by atoms with Gasteiger partial charge in [-0.2, -0.15) is 17.0 Å². The van der Waals surface area contributed by atoms with E-state index in [0.29, 0.717) is 5.75 Å². The lowest BCUT2D eigenvalue weighted by Gasteiger charge is -2.14. The van der Waals surface area contributed by atoms with Gasteiger partial charge in [0.1, 0.15) is 0 Å². The molecule has 1 unspecified atom stereocenters. The highest BCUT2D eigenvalue weighted by Gasteiger charge is 2.18. The molecular formula is C21H42NO4PS. The maximum absolute atomic E-state index is 10.7. The third-order valence-electron chi connectivity index (χ3n) is 4.85. The van der Waals surface area contributed by atoms with Crippen LogP contribution in [0.2, 0.25) is 0 Å². The first kappa shape index (κ1) is 27.9. The normalized spacial score (nSPS) is 12.8. The van der Waals surface area contributed by atoms with Crippen molar-refractivity contribution in [1.29, 1.82) is 5.26 Å². The van der Waals surface area contributed by atoms with Crippen LogP contribution >= 0.6 is 19.6 Å². The molecule has 0 amide bonds. The van der Waals surface area contributed by atoms with Crippen molar-refractivity contribution in [1.82, 2.24) is 0 Å². The molecule has 0 aromatic heterocycles. The maximum Gasteiger partial charge on any atom is 0.469 e. The van der Waals surface area contributed by atoms with Crippen LogP contribution < -0.4 is 0 Å². The largest absolute Gasteiger partial charge is 0.469 e. The number of nitrogens with zero attached hydrogens (tertiary/aromatic N) is 1. The summed E-state index contributed by atoms with van der Waals surface area (Å²) in [6.45, 7) is 2.21. The number of unbranched alkanes of at least 4 members (excludes halogenated alkanes) is 13. The summed E-state index contributed by atoms with van der Waals surface area (Å²) in [5.41, 5.74) is 0. The van der Waals surface area contributed by atoms with Crippen molar-refractivity contribution < 1.29 is 18.9 Å². The predicted octanol–water partition coefficient (Wildman–Crippen LogP) is 6.84. The summed E-state index contributed by atoms with van der Waals surface area (Å²) in [4.78, 5) is 17.5. The van der Waals surface area contributed by atoms with Crippen molar-refractivity contribution in [2.75, 3.05) is 18.1 Å². The van der Waals surface area contributed by atoms with Gasteiger partial charge >= 0.3 is 7.82 Å². The highest BCUT2D eigenvalue weighted by Crippen LogP contribution is 2.36. The minimum atomic E-state index is -4.44. The molecule has 0 bridgehead atoms. The van der Waals surface area contributed by atoms with Gasteiger partial charge in [-0.15, -0.1) is 0 Å². The average Bonchev–Trinajstić information content (AvgIpc) is 2.65. The van der Waals surface area contributed by atoms with E-state index < -0.39 is 7.82 Å². The fourth-order valence-corrected chi connectivity index (χ4v) is 4.67. The highest BCUT2D eigenvalue weighted by molar-refractivity contribution is 7.99. The molecule has 0 aliphatic heterocycles. The number of phosphoric ester groups is 1. The van der Waals surface area contributed by atoms with Gasteiger partial charge in [-0.1, -0.05) is 90.4 Å².